The van der Waals surface area contributed by atoms with E-state index in [-0.39, 0.29) is 12.5 Å². The van der Waals surface area contributed by atoms with E-state index in [1.165, 1.54) is 30.4 Å². The summed E-state index contributed by atoms with van der Waals surface area (Å²) in [5.74, 6) is 0.251. The quantitative estimate of drug-likeness (QED) is 0.817. The van der Waals surface area contributed by atoms with Crippen molar-refractivity contribution >= 4 is 0 Å². The van der Waals surface area contributed by atoms with Crippen LogP contribution in [0.15, 0.2) is 24.3 Å². The lowest BCUT2D eigenvalue weighted by molar-refractivity contribution is 0.219. The van der Waals surface area contributed by atoms with Gasteiger partial charge in [-0.2, -0.15) is 0 Å². The second-order valence-electron chi connectivity index (χ2n) is 4.76. The van der Waals surface area contributed by atoms with Crippen molar-refractivity contribution in [3.63, 3.8) is 0 Å². The van der Waals surface area contributed by atoms with Crippen molar-refractivity contribution in [2.24, 2.45) is 0 Å². The summed E-state index contributed by atoms with van der Waals surface area (Å²) in [7, 11) is 0. The van der Waals surface area contributed by atoms with Gasteiger partial charge in [-0.3, -0.25) is 0 Å². The lowest BCUT2D eigenvalue weighted by Crippen LogP contribution is -2.40. The minimum absolute atomic E-state index is 0.237. The van der Waals surface area contributed by atoms with E-state index < -0.39 is 0 Å². The lowest BCUT2D eigenvalue weighted by Gasteiger charge is -2.30. The summed E-state index contributed by atoms with van der Waals surface area (Å²) in [6, 6.07) is 8.99. The third-order valence-electron chi connectivity index (χ3n) is 3.54. The zero-order chi connectivity index (χ0) is 11.4. The molecule has 0 saturated carbocycles. The maximum Gasteiger partial charge on any atom is 0.0514 e. The van der Waals surface area contributed by atoms with Crippen LogP contribution in [0.1, 0.15) is 36.3 Å². The third-order valence-corrected chi connectivity index (χ3v) is 3.54. The molecule has 1 fully saturated rings. The molecular weight excluding hydrogens is 198 g/mol. The van der Waals surface area contributed by atoms with Crippen LogP contribution in [0, 0.1) is 6.92 Å². The number of hydrogen-bond donors (Lipinski definition) is 2. The van der Waals surface area contributed by atoms with Crippen molar-refractivity contribution in [2.75, 3.05) is 13.2 Å². The molecular formula is C14H21NO. The van der Waals surface area contributed by atoms with Gasteiger partial charge in [0.2, 0.25) is 0 Å². The van der Waals surface area contributed by atoms with E-state index in [4.69, 9.17) is 0 Å². The highest BCUT2D eigenvalue weighted by molar-refractivity contribution is 5.26. The maximum absolute atomic E-state index is 9.56. The number of nitrogens with one attached hydrogen (secondary N) is 1. The summed E-state index contributed by atoms with van der Waals surface area (Å²) in [6.07, 6.45) is 3.72. The maximum atomic E-state index is 9.56. The summed E-state index contributed by atoms with van der Waals surface area (Å²) >= 11 is 0. The molecule has 1 aromatic carbocycles. The van der Waals surface area contributed by atoms with Crippen molar-refractivity contribution < 1.29 is 5.11 Å². The van der Waals surface area contributed by atoms with Crippen LogP contribution in [0.5, 0.6) is 0 Å². The van der Waals surface area contributed by atoms with Crippen molar-refractivity contribution in [3.8, 4) is 0 Å². The monoisotopic (exact) mass is 219 g/mol. The van der Waals surface area contributed by atoms with Gasteiger partial charge < -0.3 is 10.4 Å². The number of hydrogen-bond acceptors (Lipinski definition) is 2. The second kappa shape index (κ2) is 5.46. The van der Waals surface area contributed by atoms with E-state index in [1.807, 2.05) is 0 Å². The first-order valence-electron chi connectivity index (χ1n) is 6.22. The number of benzene rings is 1. The van der Waals surface area contributed by atoms with Gasteiger partial charge in [-0.1, -0.05) is 36.2 Å². The minimum atomic E-state index is 0.237. The number of aliphatic hydroxyl groups is 1. The molecule has 0 radical (unpaired) electrons. The molecule has 0 aliphatic carbocycles. The fourth-order valence-corrected chi connectivity index (χ4v) is 2.50. The molecule has 0 amide bonds. The van der Waals surface area contributed by atoms with Gasteiger partial charge >= 0.3 is 0 Å². The standard InChI is InChI=1S/C14H21NO/c1-11-5-7-12(8-6-11)13(10-16)14-4-2-3-9-15-14/h5-8,13-16H,2-4,9-10H2,1H3. The molecule has 2 nitrogen and oxygen atoms in total. The molecule has 1 aromatic rings. The molecule has 16 heavy (non-hydrogen) atoms. The SMILES string of the molecule is Cc1ccc(C(CO)C2CCCCN2)cc1. The molecule has 2 unspecified atom stereocenters. The highest BCUT2D eigenvalue weighted by Crippen LogP contribution is 2.25. The van der Waals surface area contributed by atoms with Crippen LogP contribution in [-0.2, 0) is 0 Å². The summed E-state index contributed by atoms with van der Waals surface area (Å²) in [4.78, 5) is 0. The molecule has 1 aliphatic heterocycles. The van der Waals surface area contributed by atoms with Gasteiger partial charge in [0.05, 0.1) is 6.61 Å². The predicted molar refractivity (Wildman–Crippen MR) is 66.6 cm³/mol. The Labute approximate surface area is 97.7 Å². The predicted octanol–water partition coefficient (Wildman–Crippen LogP) is 2.21. The van der Waals surface area contributed by atoms with Gasteiger partial charge in [-0.05, 0) is 31.9 Å². The Morgan fingerprint density at radius 2 is 2.06 bits per heavy atom. The van der Waals surface area contributed by atoms with Gasteiger partial charge in [0.25, 0.3) is 0 Å². The lowest BCUT2D eigenvalue weighted by atomic mass is 9.87. The summed E-state index contributed by atoms with van der Waals surface area (Å²) in [5.41, 5.74) is 2.53. The summed E-state index contributed by atoms with van der Waals surface area (Å²) in [5, 5.41) is 13.1. The molecule has 2 N–H and O–H groups in total. The molecule has 2 heteroatoms. The van der Waals surface area contributed by atoms with E-state index >= 15 is 0 Å². The van der Waals surface area contributed by atoms with Gasteiger partial charge in [0.1, 0.15) is 0 Å². The molecule has 2 atom stereocenters. The molecule has 1 aliphatic rings. The summed E-state index contributed by atoms with van der Waals surface area (Å²) in [6.45, 7) is 3.42. The Kier molecular flexibility index (Phi) is 3.97. The molecule has 0 bridgehead atoms. The third kappa shape index (κ3) is 2.63. The van der Waals surface area contributed by atoms with Gasteiger partial charge in [-0.25, -0.2) is 0 Å². The van der Waals surface area contributed by atoms with Gasteiger partial charge in [-0.15, -0.1) is 0 Å². The topological polar surface area (TPSA) is 32.3 Å². The molecule has 1 saturated heterocycles. The van der Waals surface area contributed by atoms with Crippen molar-refractivity contribution in [1.82, 2.24) is 5.32 Å². The fraction of sp³-hybridized carbons (Fsp3) is 0.571. The number of aryl methyl sites for hydroxylation is 1. The Bertz CT molecular complexity index is 314. The van der Waals surface area contributed by atoms with E-state index in [2.05, 4.69) is 36.5 Å². The fourth-order valence-electron chi connectivity index (χ4n) is 2.50. The minimum Gasteiger partial charge on any atom is -0.396 e. The Morgan fingerprint density at radius 1 is 1.31 bits per heavy atom. The number of aliphatic hydroxyl groups excluding tert-OH is 1. The second-order valence-corrected chi connectivity index (χ2v) is 4.76. The van der Waals surface area contributed by atoms with Crippen LogP contribution in [0.4, 0.5) is 0 Å². The average molecular weight is 219 g/mol. The largest absolute Gasteiger partial charge is 0.396 e. The normalized spacial score (nSPS) is 23.0. The smallest absolute Gasteiger partial charge is 0.0514 e. The van der Waals surface area contributed by atoms with Gasteiger partial charge in [0.15, 0.2) is 0 Å². The Morgan fingerprint density at radius 3 is 2.62 bits per heavy atom. The van der Waals surface area contributed by atoms with E-state index in [0.29, 0.717) is 6.04 Å². The Balaban J connectivity index is 2.11. The first kappa shape index (κ1) is 11.6. The van der Waals surface area contributed by atoms with Crippen LogP contribution >= 0.6 is 0 Å². The molecule has 88 valence electrons. The van der Waals surface area contributed by atoms with E-state index in [1.54, 1.807) is 0 Å². The molecule has 1 heterocycles. The van der Waals surface area contributed by atoms with Crippen LogP contribution < -0.4 is 5.32 Å². The van der Waals surface area contributed by atoms with Crippen LogP contribution in [0.25, 0.3) is 0 Å². The van der Waals surface area contributed by atoms with Crippen molar-refractivity contribution in [3.05, 3.63) is 35.4 Å². The highest BCUT2D eigenvalue weighted by atomic mass is 16.3. The zero-order valence-electron chi connectivity index (χ0n) is 9.95. The molecule has 2 rings (SSSR count). The number of rotatable bonds is 3. The molecule has 0 spiro atoms. The number of piperidine rings is 1. The first-order valence-corrected chi connectivity index (χ1v) is 6.22. The zero-order valence-corrected chi connectivity index (χ0v) is 9.95. The van der Waals surface area contributed by atoms with Crippen LogP contribution in [-0.4, -0.2) is 24.3 Å². The van der Waals surface area contributed by atoms with Crippen LogP contribution in [0.2, 0.25) is 0 Å². The average Bonchev–Trinajstić information content (AvgIpc) is 2.34. The molecule has 0 aromatic heterocycles. The Hall–Kier alpha value is -0.860. The van der Waals surface area contributed by atoms with Crippen molar-refractivity contribution in [1.29, 1.82) is 0 Å². The van der Waals surface area contributed by atoms with Gasteiger partial charge in [0, 0.05) is 12.0 Å². The van der Waals surface area contributed by atoms with E-state index in [9.17, 15) is 5.11 Å². The highest BCUT2D eigenvalue weighted by Gasteiger charge is 2.23. The van der Waals surface area contributed by atoms with E-state index in [0.717, 1.165) is 6.54 Å². The summed E-state index contributed by atoms with van der Waals surface area (Å²) < 4.78 is 0. The van der Waals surface area contributed by atoms with Crippen molar-refractivity contribution in [2.45, 2.75) is 38.1 Å². The first-order chi connectivity index (χ1) is 7.81. The van der Waals surface area contributed by atoms with Crippen LogP contribution in [0.3, 0.4) is 0 Å².